The molecule has 0 bridgehead atoms. The van der Waals surface area contributed by atoms with Gasteiger partial charge in [-0.2, -0.15) is 5.10 Å². The maximum Gasteiger partial charge on any atom is 0.0537 e. The van der Waals surface area contributed by atoms with Crippen LogP contribution >= 0.6 is 0 Å². The second kappa shape index (κ2) is 4.79. The summed E-state index contributed by atoms with van der Waals surface area (Å²) in [4.78, 5) is 0. The molecule has 3 nitrogen and oxygen atoms in total. The first-order valence-corrected chi connectivity index (χ1v) is 6.08. The molecule has 0 radical (unpaired) electrons. The zero-order valence-corrected chi connectivity index (χ0v) is 9.74. The third-order valence-electron chi connectivity index (χ3n) is 3.32. The number of aromatic nitrogens is 2. The predicted molar refractivity (Wildman–Crippen MR) is 61.7 cm³/mol. The highest BCUT2D eigenvalue weighted by Crippen LogP contribution is 2.21. The van der Waals surface area contributed by atoms with Gasteiger partial charge in [-0.25, -0.2) is 0 Å². The molecule has 1 atom stereocenters. The van der Waals surface area contributed by atoms with Gasteiger partial charge in [0.2, 0.25) is 0 Å². The van der Waals surface area contributed by atoms with Crippen molar-refractivity contribution in [1.82, 2.24) is 15.1 Å². The minimum Gasteiger partial charge on any atom is -0.307 e. The van der Waals surface area contributed by atoms with Crippen LogP contribution in [-0.2, 0) is 6.54 Å². The number of aryl methyl sites for hydroxylation is 1. The normalized spacial score (nSPS) is 19.6. The molecule has 1 heterocycles. The van der Waals surface area contributed by atoms with Crippen LogP contribution in [0.25, 0.3) is 0 Å². The highest BCUT2D eigenvalue weighted by Gasteiger charge is 2.18. The minimum atomic E-state index is 0.438. The van der Waals surface area contributed by atoms with Crippen LogP contribution in [0.2, 0.25) is 0 Å². The van der Waals surface area contributed by atoms with Crippen molar-refractivity contribution in [3.8, 4) is 0 Å². The molecule has 15 heavy (non-hydrogen) atoms. The van der Waals surface area contributed by atoms with Crippen LogP contribution < -0.4 is 5.32 Å². The van der Waals surface area contributed by atoms with Gasteiger partial charge in [-0.05, 0) is 26.7 Å². The first-order valence-electron chi connectivity index (χ1n) is 6.08. The summed E-state index contributed by atoms with van der Waals surface area (Å²) in [5.41, 5.74) is 1.31. The quantitative estimate of drug-likeness (QED) is 0.822. The first-order chi connectivity index (χ1) is 7.29. The Hall–Kier alpha value is -0.830. The van der Waals surface area contributed by atoms with E-state index < -0.39 is 0 Å². The van der Waals surface area contributed by atoms with Crippen LogP contribution in [-0.4, -0.2) is 15.8 Å². The molecule has 84 valence electrons. The van der Waals surface area contributed by atoms with E-state index in [9.17, 15) is 0 Å². The lowest BCUT2D eigenvalue weighted by Gasteiger charge is -2.17. The molecular weight excluding hydrogens is 186 g/mol. The number of hydrogen-bond donors (Lipinski definition) is 1. The summed E-state index contributed by atoms with van der Waals surface area (Å²) in [5.74, 6) is 0. The second-order valence-electron chi connectivity index (χ2n) is 4.50. The molecule has 0 amide bonds. The lowest BCUT2D eigenvalue weighted by molar-refractivity contribution is 0.461. The summed E-state index contributed by atoms with van der Waals surface area (Å²) in [5, 5.41) is 7.99. The molecule has 1 aliphatic carbocycles. The summed E-state index contributed by atoms with van der Waals surface area (Å²) in [6.45, 7) is 5.30. The predicted octanol–water partition coefficient (Wildman–Crippen LogP) is 2.50. The molecule has 1 aromatic rings. The molecule has 0 saturated heterocycles. The van der Waals surface area contributed by atoms with Gasteiger partial charge in [0.05, 0.1) is 6.20 Å². The van der Waals surface area contributed by atoms with Gasteiger partial charge >= 0.3 is 0 Å². The summed E-state index contributed by atoms with van der Waals surface area (Å²) in [6.07, 6.45) is 9.58. The van der Waals surface area contributed by atoms with Crippen molar-refractivity contribution in [3.63, 3.8) is 0 Å². The Morgan fingerprint density at radius 3 is 2.87 bits per heavy atom. The Kier molecular flexibility index (Phi) is 3.41. The van der Waals surface area contributed by atoms with Crippen LogP contribution in [0.1, 0.15) is 51.1 Å². The van der Waals surface area contributed by atoms with Crippen molar-refractivity contribution in [2.24, 2.45) is 0 Å². The van der Waals surface area contributed by atoms with Gasteiger partial charge in [-0.1, -0.05) is 12.8 Å². The van der Waals surface area contributed by atoms with Crippen LogP contribution in [0.5, 0.6) is 0 Å². The highest BCUT2D eigenvalue weighted by atomic mass is 15.3. The van der Waals surface area contributed by atoms with E-state index >= 15 is 0 Å². The van der Waals surface area contributed by atoms with Crippen molar-refractivity contribution in [2.45, 2.75) is 58.2 Å². The molecule has 0 aromatic carbocycles. The zero-order chi connectivity index (χ0) is 10.7. The fourth-order valence-electron chi connectivity index (χ4n) is 2.32. The molecule has 0 aliphatic heterocycles. The SMILES string of the molecule is CCn1cc(C(C)NC2CCCC2)cn1. The van der Waals surface area contributed by atoms with Crippen LogP contribution in [0, 0.1) is 0 Å². The third-order valence-corrected chi connectivity index (χ3v) is 3.32. The van der Waals surface area contributed by atoms with E-state index in [0.717, 1.165) is 12.6 Å². The van der Waals surface area contributed by atoms with E-state index in [1.807, 2.05) is 10.9 Å². The lowest BCUT2D eigenvalue weighted by Crippen LogP contribution is -2.28. The van der Waals surface area contributed by atoms with Gasteiger partial charge in [0.15, 0.2) is 0 Å². The summed E-state index contributed by atoms with van der Waals surface area (Å²) >= 11 is 0. The Morgan fingerprint density at radius 1 is 1.53 bits per heavy atom. The fraction of sp³-hybridized carbons (Fsp3) is 0.750. The topological polar surface area (TPSA) is 29.9 Å². The van der Waals surface area contributed by atoms with Gasteiger partial charge in [0.1, 0.15) is 0 Å². The molecule has 1 saturated carbocycles. The molecular formula is C12H21N3. The number of rotatable bonds is 4. The maximum atomic E-state index is 4.31. The van der Waals surface area contributed by atoms with Crippen LogP contribution in [0.15, 0.2) is 12.4 Å². The van der Waals surface area contributed by atoms with Gasteiger partial charge in [0, 0.05) is 30.4 Å². The van der Waals surface area contributed by atoms with E-state index in [4.69, 9.17) is 0 Å². The lowest BCUT2D eigenvalue weighted by atomic mass is 10.1. The average molecular weight is 207 g/mol. The fourth-order valence-corrected chi connectivity index (χ4v) is 2.32. The Balaban J connectivity index is 1.91. The summed E-state index contributed by atoms with van der Waals surface area (Å²) in [7, 11) is 0. The third kappa shape index (κ3) is 2.59. The smallest absolute Gasteiger partial charge is 0.0537 e. The maximum absolute atomic E-state index is 4.31. The van der Waals surface area contributed by atoms with E-state index in [1.165, 1.54) is 31.2 Å². The Morgan fingerprint density at radius 2 is 2.27 bits per heavy atom. The van der Waals surface area contributed by atoms with Crippen molar-refractivity contribution >= 4 is 0 Å². The molecule has 1 N–H and O–H groups in total. The van der Waals surface area contributed by atoms with Crippen molar-refractivity contribution < 1.29 is 0 Å². The number of hydrogen-bond acceptors (Lipinski definition) is 2. The zero-order valence-electron chi connectivity index (χ0n) is 9.74. The molecule has 1 aromatic heterocycles. The van der Waals surface area contributed by atoms with Gasteiger partial charge < -0.3 is 5.32 Å². The van der Waals surface area contributed by atoms with Crippen molar-refractivity contribution in [3.05, 3.63) is 18.0 Å². The van der Waals surface area contributed by atoms with Gasteiger partial charge in [-0.3, -0.25) is 4.68 Å². The van der Waals surface area contributed by atoms with Crippen LogP contribution in [0.3, 0.4) is 0 Å². The second-order valence-corrected chi connectivity index (χ2v) is 4.50. The Bertz CT molecular complexity index is 300. The van der Waals surface area contributed by atoms with Gasteiger partial charge in [0.25, 0.3) is 0 Å². The number of nitrogens with one attached hydrogen (secondary N) is 1. The average Bonchev–Trinajstić information content (AvgIpc) is 2.86. The highest BCUT2D eigenvalue weighted by molar-refractivity contribution is 5.09. The largest absolute Gasteiger partial charge is 0.307 e. The Labute approximate surface area is 91.9 Å². The minimum absolute atomic E-state index is 0.438. The van der Waals surface area contributed by atoms with E-state index in [0.29, 0.717) is 6.04 Å². The van der Waals surface area contributed by atoms with E-state index in [-0.39, 0.29) is 0 Å². The number of nitrogens with zero attached hydrogens (tertiary/aromatic N) is 2. The van der Waals surface area contributed by atoms with E-state index in [1.54, 1.807) is 0 Å². The standard InChI is InChI=1S/C12H21N3/c1-3-15-9-11(8-13-15)10(2)14-12-6-4-5-7-12/h8-10,12,14H,3-7H2,1-2H3. The molecule has 1 unspecified atom stereocenters. The summed E-state index contributed by atoms with van der Waals surface area (Å²) in [6, 6.07) is 1.17. The first kappa shape index (κ1) is 10.7. The van der Waals surface area contributed by atoms with Crippen molar-refractivity contribution in [2.75, 3.05) is 0 Å². The monoisotopic (exact) mass is 207 g/mol. The van der Waals surface area contributed by atoms with Gasteiger partial charge in [-0.15, -0.1) is 0 Å². The van der Waals surface area contributed by atoms with Crippen molar-refractivity contribution in [1.29, 1.82) is 0 Å². The molecule has 3 heteroatoms. The molecule has 1 aliphatic rings. The molecule has 2 rings (SSSR count). The molecule has 0 spiro atoms. The van der Waals surface area contributed by atoms with E-state index in [2.05, 4.69) is 30.5 Å². The molecule has 1 fully saturated rings. The van der Waals surface area contributed by atoms with Crippen LogP contribution in [0.4, 0.5) is 0 Å². The summed E-state index contributed by atoms with van der Waals surface area (Å²) < 4.78 is 1.99.